The molecule has 0 aromatic carbocycles. The van der Waals surface area contributed by atoms with Gasteiger partial charge in [-0.05, 0) is 31.5 Å². The molecule has 0 aliphatic rings. The molecule has 1 atom stereocenters. The number of rotatable bonds is 4. The van der Waals surface area contributed by atoms with E-state index in [0.717, 1.165) is 6.42 Å². The van der Waals surface area contributed by atoms with Crippen LogP contribution < -0.4 is 0 Å². The number of halogens is 1. The molecule has 62 valence electrons. The summed E-state index contributed by atoms with van der Waals surface area (Å²) in [5.41, 5.74) is 0. The number of hydrogen-bond donors (Lipinski definition) is 0. The molecule has 0 bridgehead atoms. The monoisotopic (exact) mass is 184 g/mol. The van der Waals surface area contributed by atoms with Crippen molar-refractivity contribution >= 4 is 18.0 Å². The molecular weight excluding hydrogens is 170 g/mol. The summed E-state index contributed by atoms with van der Waals surface area (Å²) < 4.78 is 16.2. The van der Waals surface area contributed by atoms with Crippen molar-refractivity contribution in [2.75, 3.05) is 6.16 Å². The standard InChI is InChI=1S/C6H14ClO2P/c1-4-5-10(7,8)9-6(2)3/h6H,4-5H2,1-3H3. The smallest absolute Gasteiger partial charge is 0.290 e. The first-order valence-corrected chi connectivity index (χ1v) is 6.16. The van der Waals surface area contributed by atoms with Gasteiger partial charge in [0.15, 0.2) is 0 Å². The lowest BCUT2D eigenvalue weighted by Gasteiger charge is -2.12. The van der Waals surface area contributed by atoms with Crippen LogP contribution in [-0.4, -0.2) is 12.3 Å². The zero-order valence-electron chi connectivity index (χ0n) is 6.63. The molecule has 0 saturated carbocycles. The van der Waals surface area contributed by atoms with E-state index in [-0.39, 0.29) is 6.10 Å². The molecule has 0 aromatic rings. The largest absolute Gasteiger partial charge is 0.315 e. The third-order valence-corrected chi connectivity index (χ3v) is 3.32. The van der Waals surface area contributed by atoms with Gasteiger partial charge in [0.25, 0.3) is 6.72 Å². The molecule has 0 saturated heterocycles. The predicted octanol–water partition coefficient (Wildman–Crippen LogP) is 3.25. The van der Waals surface area contributed by atoms with Gasteiger partial charge in [0.1, 0.15) is 0 Å². The molecule has 0 amide bonds. The molecule has 2 nitrogen and oxygen atoms in total. The highest BCUT2D eigenvalue weighted by Crippen LogP contribution is 2.53. The minimum absolute atomic E-state index is 0.0464. The van der Waals surface area contributed by atoms with Crippen molar-refractivity contribution < 1.29 is 9.09 Å². The van der Waals surface area contributed by atoms with E-state index >= 15 is 0 Å². The van der Waals surface area contributed by atoms with Crippen molar-refractivity contribution in [3.8, 4) is 0 Å². The van der Waals surface area contributed by atoms with Crippen molar-refractivity contribution in [1.82, 2.24) is 0 Å². The Kier molecular flexibility index (Phi) is 4.59. The predicted molar refractivity (Wildman–Crippen MR) is 44.8 cm³/mol. The van der Waals surface area contributed by atoms with Crippen LogP contribution in [0.15, 0.2) is 0 Å². The molecule has 0 spiro atoms. The summed E-state index contributed by atoms with van der Waals surface area (Å²) in [6.45, 7) is 2.80. The first-order valence-electron chi connectivity index (χ1n) is 3.45. The maximum Gasteiger partial charge on any atom is 0.290 e. The van der Waals surface area contributed by atoms with Gasteiger partial charge in [0.05, 0.1) is 6.10 Å². The summed E-state index contributed by atoms with van der Waals surface area (Å²) in [4.78, 5) is 0. The zero-order chi connectivity index (χ0) is 8.20. The zero-order valence-corrected chi connectivity index (χ0v) is 8.28. The van der Waals surface area contributed by atoms with E-state index < -0.39 is 6.72 Å². The van der Waals surface area contributed by atoms with Crippen LogP contribution in [-0.2, 0) is 9.09 Å². The minimum Gasteiger partial charge on any atom is -0.315 e. The van der Waals surface area contributed by atoms with Crippen LogP contribution in [0.5, 0.6) is 0 Å². The Morgan fingerprint density at radius 1 is 1.60 bits per heavy atom. The van der Waals surface area contributed by atoms with Crippen molar-refractivity contribution in [1.29, 1.82) is 0 Å². The Morgan fingerprint density at radius 3 is 2.40 bits per heavy atom. The summed E-state index contributed by atoms with van der Waals surface area (Å²) >= 11 is 5.56. The molecule has 1 unspecified atom stereocenters. The van der Waals surface area contributed by atoms with E-state index in [4.69, 9.17) is 15.8 Å². The lowest BCUT2D eigenvalue weighted by molar-refractivity contribution is 0.252. The lowest BCUT2D eigenvalue weighted by Crippen LogP contribution is -1.99. The van der Waals surface area contributed by atoms with Gasteiger partial charge in [-0.25, -0.2) is 0 Å². The van der Waals surface area contributed by atoms with Gasteiger partial charge in [-0.1, -0.05) is 6.92 Å². The Bertz CT molecular complexity index is 136. The van der Waals surface area contributed by atoms with Crippen LogP contribution >= 0.6 is 18.0 Å². The average Bonchev–Trinajstić information content (AvgIpc) is 1.59. The maximum absolute atomic E-state index is 11.2. The van der Waals surface area contributed by atoms with E-state index in [0.29, 0.717) is 6.16 Å². The summed E-state index contributed by atoms with van der Waals surface area (Å²) in [6, 6.07) is 0. The molecule has 0 fully saturated rings. The molecule has 0 radical (unpaired) electrons. The second kappa shape index (κ2) is 4.38. The average molecular weight is 185 g/mol. The Balaban J connectivity index is 3.75. The first-order chi connectivity index (χ1) is 4.48. The fourth-order valence-corrected chi connectivity index (χ4v) is 2.89. The van der Waals surface area contributed by atoms with Crippen LogP contribution in [0.25, 0.3) is 0 Å². The summed E-state index contributed by atoms with van der Waals surface area (Å²) in [5.74, 6) is 0. The highest BCUT2D eigenvalue weighted by molar-refractivity contribution is 7.85. The molecule has 0 aliphatic heterocycles. The minimum atomic E-state index is -2.78. The van der Waals surface area contributed by atoms with Gasteiger partial charge in [-0.3, -0.25) is 4.57 Å². The normalized spacial score (nSPS) is 17.3. The fraction of sp³-hybridized carbons (Fsp3) is 1.00. The van der Waals surface area contributed by atoms with E-state index in [1.54, 1.807) is 0 Å². The van der Waals surface area contributed by atoms with Gasteiger partial charge < -0.3 is 4.52 Å². The molecule has 4 heteroatoms. The SMILES string of the molecule is CCCP(=O)(Cl)OC(C)C. The van der Waals surface area contributed by atoms with Crippen LogP contribution in [0.2, 0.25) is 0 Å². The topological polar surface area (TPSA) is 26.3 Å². The van der Waals surface area contributed by atoms with E-state index in [2.05, 4.69) is 0 Å². The third kappa shape index (κ3) is 5.28. The second-order valence-corrected chi connectivity index (χ2v) is 5.85. The molecule has 0 aliphatic carbocycles. The number of hydrogen-bond acceptors (Lipinski definition) is 2. The Morgan fingerprint density at radius 2 is 2.10 bits per heavy atom. The lowest BCUT2D eigenvalue weighted by atomic mass is 10.5. The summed E-state index contributed by atoms with van der Waals surface area (Å²) in [6.07, 6.45) is 1.22. The van der Waals surface area contributed by atoms with Gasteiger partial charge >= 0.3 is 0 Å². The second-order valence-electron chi connectivity index (χ2n) is 2.47. The Hall–Kier alpha value is 0.480. The Labute approximate surface area is 67.1 Å². The van der Waals surface area contributed by atoms with Crippen LogP contribution in [0, 0.1) is 0 Å². The van der Waals surface area contributed by atoms with Gasteiger partial charge in [-0.15, -0.1) is 0 Å². The molecule has 0 aromatic heterocycles. The van der Waals surface area contributed by atoms with Gasteiger partial charge in [0.2, 0.25) is 0 Å². The van der Waals surface area contributed by atoms with E-state index in [1.165, 1.54) is 0 Å². The molecule has 10 heavy (non-hydrogen) atoms. The molecule has 0 N–H and O–H groups in total. The summed E-state index contributed by atoms with van der Waals surface area (Å²) in [5, 5.41) is 0. The highest BCUT2D eigenvalue weighted by atomic mass is 35.7. The van der Waals surface area contributed by atoms with Gasteiger partial charge in [-0.2, -0.15) is 0 Å². The maximum atomic E-state index is 11.2. The third-order valence-electron chi connectivity index (χ3n) is 0.859. The first kappa shape index (κ1) is 10.5. The molecular formula is C6H14ClO2P. The summed E-state index contributed by atoms with van der Waals surface area (Å²) in [7, 11) is 0. The van der Waals surface area contributed by atoms with Crippen LogP contribution in [0.3, 0.4) is 0 Å². The van der Waals surface area contributed by atoms with Crippen molar-refractivity contribution in [3.05, 3.63) is 0 Å². The quantitative estimate of drug-likeness (QED) is 0.627. The van der Waals surface area contributed by atoms with E-state index in [1.807, 2.05) is 20.8 Å². The van der Waals surface area contributed by atoms with E-state index in [9.17, 15) is 4.57 Å². The molecule has 0 heterocycles. The highest BCUT2D eigenvalue weighted by Gasteiger charge is 2.18. The van der Waals surface area contributed by atoms with Crippen LogP contribution in [0.4, 0.5) is 0 Å². The van der Waals surface area contributed by atoms with Crippen molar-refractivity contribution in [3.63, 3.8) is 0 Å². The van der Waals surface area contributed by atoms with Crippen LogP contribution in [0.1, 0.15) is 27.2 Å². The molecule has 0 rings (SSSR count). The van der Waals surface area contributed by atoms with Crippen molar-refractivity contribution in [2.24, 2.45) is 0 Å². The van der Waals surface area contributed by atoms with Crippen molar-refractivity contribution in [2.45, 2.75) is 33.3 Å². The fourth-order valence-electron chi connectivity index (χ4n) is 0.635. The van der Waals surface area contributed by atoms with Gasteiger partial charge in [0, 0.05) is 6.16 Å².